The van der Waals surface area contributed by atoms with Gasteiger partial charge in [0.05, 0.1) is 30.1 Å². The van der Waals surface area contributed by atoms with Gasteiger partial charge in [-0.3, -0.25) is 10.1 Å². The van der Waals surface area contributed by atoms with Gasteiger partial charge in [-0.1, -0.05) is 0 Å². The van der Waals surface area contributed by atoms with Crippen molar-refractivity contribution >= 4 is 28.5 Å². The number of rotatable bonds is 4. The maximum absolute atomic E-state index is 12.1. The first-order valence-electron chi connectivity index (χ1n) is 9.12. The van der Waals surface area contributed by atoms with Crippen LogP contribution in [-0.4, -0.2) is 52.8 Å². The second-order valence-electron chi connectivity index (χ2n) is 7.76. The number of carbonyl (C=O) groups is 1. The van der Waals surface area contributed by atoms with E-state index in [1.54, 1.807) is 6.20 Å². The molecule has 3 rings (SSSR count). The highest BCUT2D eigenvalue weighted by molar-refractivity contribution is 6.00. The first kappa shape index (κ1) is 19.7. The highest BCUT2D eigenvalue weighted by Crippen LogP contribution is 2.40. The molecule has 2 aromatic rings. The van der Waals surface area contributed by atoms with Gasteiger partial charge >= 0.3 is 6.09 Å². The lowest BCUT2D eigenvalue weighted by molar-refractivity contribution is -0.383. The number of aromatic amines is 1. The number of amides is 1. The standard InChI is InChI=1S/C18H25N5O5/c1-18(2,3)28-17(24)21-11-6-5-7-22(10-11)15-13(27-4)9-20-16-14(15)12(8-19-16)23(25)26/h8-9,11H,5-7,10H2,1-4H3,(H,19,20)(H,21,24)/t11-/m1/s1. The first-order valence-corrected chi connectivity index (χ1v) is 9.12. The molecule has 2 aromatic heterocycles. The summed E-state index contributed by atoms with van der Waals surface area (Å²) in [6.45, 7) is 6.59. The van der Waals surface area contributed by atoms with E-state index >= 15 is 0 Å². The summed E-state index contributed by atoms with van der Waals surface area (Å²) in [5, 5.41) is 14.8. The monoisotopic (exact) mass is 391 g/mol. The zero-order chi connectivity index (χ0) is 20.5. The number of ether oxygens (including phenoxy) is 2. The Kier molecular flexibility index (Phi) is 5.30. The normalized spacial score (nSPS) is 17.4. The largest absolute Gasteiger partial charge is 0.493 e. The van der Waals surface area contributed by atoms with Crippen LogP contribution in [0.2, 0.25) is 0 Å². The molecule has 152 valence electrons. The third-order valence-corrected chi connectivity index (χ3v) is 4.49. The van der Waals surface area contributed by atoms with Gasteiger partial charge in [-0.25, -0.2) is 9.78 Å². The molecule has 10 heteroatoms. The van der Waals surface area contributed by atoms with E-state index < -0.39 is 16.6 Å². The molecular weight excluding hydrogens is 366 g/mol. The zero-order valence-electron chi connectivity index (χ0n) is 16.4. The van der Waals surface area contributed by atoms with Crippen molar-refractivity contribution in [2.75, 3.05) is 25.1 Å². The summed E-state index contributed by atoms with van der Waals surface area (Å²) in [4.78, 5) is 32.2. The molecule has 1 atom stereocenters. The van der Waals surface area contributed by atoms with Gasteiger partial charge in [0.25, 0.3) is 5.69 Å². The summed E-state index contributed by atoms with van der Waals surface area (Å²) in [5.41, 5.74) is 0.393. The van der Waals surface area contributed by atoms with Crippen LogP contribution in [0.15, 0.2) is 12.4 Å². The van der Waals surface area contributed by atoms with Crippen molar-refractivity contribution in [1.82, 2.24) is 15.3 Å². The number of carbonyl (C=O) groups excluding carboxylic acids is 1. The minimum Gasteiger partial charge on any atom is -0.493 e. The average Bonchev–Trinajstić information content (AvgIpc) is 3.03. The van der Waals surface area contributed by atoms with Crippen molar-refractivity contribution in [3.05, 3.63) is 22.5 Å². The van der Waals surface area contributed by atoms with Crippen LogP contribution in [0.25, 0.3) is 11.0 Å². The smallest absolute Gasteiger partial charge is 0.407 e. The number of pyridine rings is 1. The number of hydrogen-bond acceptors (Lipinski definition) is 7. The fraction of sp³-hybridized carbons (Fsp3) is 0.556. The fourth-order valence-electron chi connectivity index (χ4n) is 3.42. The summed E-state index contributed by atoms with van der Waals surface area (Å²) in [7, 11) is 1.51. The van der Waals surface area contributed by atoms with Crippen molar-refractivity contribution in [1.29, 1.82) is 0 Å². The van der Waals surface area contributed by atoms with Crippen molar-refractivity contribution in [2.45, 2.75) is 45.3 Å². The van der Waals surface area contributed by atoms with Crippen molar-refractivity contribution in [2.24, 2.45) is 0 Å². The number of aromatic nitrogens is 2. The molecule has 0 aromatic carbocycles. The summed E-state index contributed by atoms with van der Waals surface area (Å²) in [6.07, 6.45) is 4.01. The summed E-state index contributed by atoms with van der Waals surface area (Å²) >= 11 is 0. The molecule has 0 saturated carbocycles. The van der Waals surface area contributed by atoms with E-state index in [2.05, 4.69) is 15.3 Å². The predicted octanol–water partition coefficient (Wildman–Crippen LogP) is 2.97. The van der Waals surface area contributed by atoms with Crippen molar-refractivity contribution in [3.63, 3.8) is 0 Å². The number of H-pyrrole nitrogens is 1. The molecule has 0 aliphatic carbocycles. The van der Waals surface area contributed by atoms with E-state index in [0.29, 0.717) is 35.6 Å². The van der Waals surface area contributed by atoms with E-state index in [4.69, 9.17) is 9.47 Å². The quantitative estimate of drug-likeness (QED) is 0.607. The number of hydrogen-bond donors (Lipinski definition) is 2. The molecule has 10 nitrogen and oxygen atoms in total. The summed E-state index contributed by atoms with van der Waals surface area (Å²) in [5.74, 6) is 0.452. The van der Waals surface area contributed by atoms with E-state index in [9.17, 15) is 14.9 Å². The van der Waals surface area contributed by atoms with E-state index in [1.165, 1.54) is 13.3 Å². The first-order chi connectivity index (χ1) is 13.2. The minimum atomic E-state index is -0.579. The topological polar surface area (TPSA) is 123 Å². The Balaban J connectivity index is 1.90. The number of methoxy groups -OCH3 is 1. The van der Waals surface area contributed by atoms with Crippen LogP contribution in [0.5, 0.6) is 5.75 Å². The number of nitrogens with one attached hydrogen (secondary N) is 2. The molecular formula is C18H25N5O5. The number of anilines is 1. The number of nitro groups is 1. The van der Waals surface area contributed by atoms with Gasteiger partial charge in [0.2, 0.25) is 0 Å². The van der Waals surface area contributed by atoms with Gasteiger partial charge in [-0.05, 0) is 33.6 Å². The van der Waals surface area contributed by atoms with E-state index in [1.807, 2.05) is 25.7 Å². The van der Waals surface area contributed by atoms with Gasteiger partial charge in [-0.2, -0.15) is 0 Å². The molecule has 0 unspecified atom stereocenters. The van der Waals surface area contributed by atoms with Gasteiger partial charge in [0.1, 0.15) is 16.6 Å². The third kappa shape index (κ3) is 4.10. The lowest BCUT2D eigenvalue weighted by Gasteiger charge is -2.35. The third-order valence-electron chi connectivity index (χ3n) is 4.49. The Hall–Kier alpha value is -3.04. The lowest BCUT2D eigenvalue weighted by Crippen LogP contribution is -2.49. The van der Waals surface area contributed by atoms with E-state index in [0.717, 1.165) is 12.8 Å². The molecule has 1 aliphatic rings. The van der Waals surface area contributed by atoms with Crippen LogP contribution >= 0.6 is 0 Å². The molecule has 1 fully saturated rings. The number of nitrogens with zero attached hydrogens (tertiary/aromatic N) is 3. The van der Waals surface area contributed by atoms with Crippen LogP contribution in [-0.2, 0) is 4.74 Å². The Labute approximate surface area is 162 Å². The Morgan fingerprint density at radius 2 is 2.21 bits per heavy atom. The van der Waals surface area contributed by atoms with Gasteiger partial charge in [0.15, 0.2) is 5.75 Å². The number of fused-ring (bicyclic) bond motifs is 1. The number of alkyl carbamates (subject to hydrolysis) is 1. The molecule has 2 N–H and O–H groups in total. The van der Waals surface area contributed by atoms with Crippen LogP contribution < -0.4 is 15.0 Å². The second kappa shape index (κ2) is 7.53. The summed E-state index contributed by atoms with van der Waals surface area (Å²) < 4.78 is 10.8. The molecule has 0 bridgehead atoms. The van der Waals surface area contributed by atoms with Crippen LogP contribution in [0, 0.1) is 10.1 Å². The van der Waals surface area contributed by atoms with Crippen LogP contribution in [0.4, 0.5) is 16.2 Å². The molecule has 0 spiro atoms. The average molecular weight is 391 g/mol. The molecule has 1 saturated heterocycles. The summed E-state index contributed by atoms with van der Waals surface area (Å²) in [6, 6.07) is -0.144. The molecule has 28 heavy (non-hydrogen) atoms. The Morgan fingerprint density at radius 1 is 1.46 bits per heavy atom. The van der Waals surface area contributed by atoms with Gasteiger partial charge < -0.3 is 24.7 Å². The maximum atomic E-state index is 12.1. The molecule has 1 amide bonds. The van der Waals surface area contributed by atoms with Crippen LogP contribution in [0.3, 0.4) is 0 Å². The van der Waals surface area contributed by atoms with Crippen molar-refractivity contribution in [3.8, 4) is 5.75 Å². The molecule has 3 heterocycles. The minimum absolute atomic E-state index is 0.0568. The molecule has 1 aliphatic heterocycles. The molecule has 0 radical (unpaired) electrons. The van der Waals surface area contributed by atoms with Gasteiger partial charge in [0, 0.05) is 19.1 Å². The second-order valence-corrected chi connectivity index (χ2v) is 7.76. The Morgan fingerprint density at radius 3 is 2.86 bits per heavy atom. The predicted molar refractivity (Wildman–Crippen MR) is 104 cm³/mol. The fourth-order valence-corrected chi connectivity index (χ4v) is 3.42. The maximum Gasteiger partial charge on any atom is 0.407 e. The van der Waals surface area contributed by atoms with Crippen LogP contribution in [0.1, 0.15) is 33.6 Å². The SMILES string of the molecule is COc1cnc2[nH]cc([N+](=O)[O-])c2c1N1CCC[C@@H](NC(=O)OC(C)(C)C)C1. The zero-order valence-corrected chi connectivity index (χ0v) is 16.4. The van der Waals surface area contributed by atoms with E-state index in [-0.39, 0.29) is 11.7 Å². The highest BCUT2D eigenvalue weighted by Gasteiger charge is 2.30. The highest BCUT2D eigenvalue weighted by atomic mass is 16.6. The number of piperidine rings is 1. The lowest BCUT2D eigenvalue weighted by atomic mass is 10.0. The Bertz CT molecular complexity index is 888. The van der Waals surface area contributed by atoms with Gasteiger partial charge in [-0.15, -0.1) is 0 Å². The van der Waals surface area contributed by atoms with Crippen molar-refractivity contribution < 1.29 is 19.2 Å².